The molecule has 6 heteroatoms. The molecular formula is C15H15FN2O2S. The van der Waals surface area contributed by atoms with Crippen molar-refractivity contribution in [2.75, 3.05) is 6.61 Å². The van der Waals surface area contributed by atoms with Crippen molar-refractivity contribution in [3.8, 4) is 5.75 Å². The molecule has 1 amide bonds. The minimum absolute atomic E-state index is 0.107. The Bertz CT molecular complexity index is 614. The average molecular weight is 306 g/mol. The highest BCUT2D eigenvalue weighted by Crippen LogP contribution is 2.29. The first-order valence-corrected chi connectivity index (χ1v) is 7.67. The molecule has 0 radical (unpaired) electrons. The normalized spacial score (nSPS) is 14.0. The fraction of sp³-hybridized carbons (Fsp3) is 0.333. The number of rotatable bonds is 6. The van der Waals surface area contributed by atoms with Crippen molar-refractivity contribution in [1.82, 2.24) is 9.88 Å². The molecule has 0 N–H and O–H groups in total. The standard InChI is InChI=1S/C15H15FN2O2S/c16-12-3-1-2-4-13(12)20-10-15(19)18(11-5-6-11)9-14-17-7-8-21-14/h1-4,7-8,11H,5-6,9-10H2. The quantitative estimate of drug-likeness (QED) is 0.824. The van der Waals surface area contributed by atoms with Gasteiger partial charge in [0, 0.05) is 17.6 Å². The molecule has 1 saturated carbocycles. The van der Waals surface area contributed by atoms with E-state index in [4.69, 9.17) is 4.74 Å². The highest BCUT2D eigenvalue weighted by atomic mass is 32.1. The van der Waals surface area contributed by atoms with E-state index in [0.29, 0.717) is 6.54 Å². The molecule has 1 heterocycles. The Morgan fingerprint density at radius 3 is 2.90 bits per heavy atom. The number of hydrogen-bond acceptors (Lipinski definition) is 4. The van der Waals surface area contributed by atoms with Crippen LogP contribution < -0.4 is 4.74 Å². The first-order chi connectivity index (χ1) is 10.2. The molecule has 0 unspecified atom stereocenters. The zero-order valence-corrected chi connectivity index (χ0v) is 12.2. The van der Waals surface area contributed by atoms with Gasteiger partial charge in [0.1, 0.15) is 5.01 Å². The highest BCUT2D eigenvalue weighted by Gasteiger charge is 2.33. The summed E-state index contributed by atoms with van der Waals surface area (Å²) >= 11 is 1.52. The van der Waals surface area contributed by atoms with Gasteiger partial charge < -0.3 is 9.64 Å². The van der Waals surface area contributed by atoms with Gasteiger partial charge in [0.05, 0.1) is 6.54 Å². The summed E-state index contributed by atoms with van der Waals surface area (Å²) < 4.78 is 18.8. The zero-order valence-electron chi connectivity index (χ0n) is 11.4. The zero-order chi connectivity index (χ0) is 14.7. The molecule has 21 heavy (non-hydrogen) atoms. The highest BCUT2D eigenvalue weighted by molar-refractivity contribution is 7.09. The molecule has 110 valence electrons. The number of carbonyl (C=O) groups is 1. The van der Waals surface area contributed by atoms with E-state index >= 15 is 0 Å². The maximum absolute atomic E-state index is 13.5. The molecule has 0 bridgehead atoms. The Morgan fingerprint density at radius 2 is 2.24 bits per heavy atom. The number of carbonyl (C=O) groups excluding carboxylic acids is 1. The molecule has 1 aliphatic carbocycles. The lowest BCUT2D eigenvalue weighted by Crippen LogP contribution is -2.36. The number of halogens is 1. The molecule has 0 saturated heterocycles. The molecule has 3 rings (SSSR count). The number of para-hydroxylation sites is 1. The summed E-state index contributed by atoms with van der Waals surface area (Å²) in [6, 6.07) is 6.37. The van der Waals surface area contributed by atoms with Crippen molar-refractivity contribution < 1.29 is 13.9 Å². The van der Waals surface area contributed by atoms with Crippen LogP contribution in [0.15, 0.2) is 35.8 Å². The Morgan fingerprint density at radius 1 is 1.43 bits per heavy atom. The monoisotopic (exact) mass is 306 g/mol. The fourth-order valence-corrected chi connectivity index (χ4v) is 2.68. The van der Waals surface area contributed by atoms with Gasteiger partial charge in [-0.05, 0) is 25.0 Å². The second-order valence-corrected chi connectivity index (χ2v) is 5.88. The summed E-state index contributed by atoms with van der Waals surface area (Å²) in [6.45, 7) is 0.352. The maximum atomic E-state index is 13.5. The summed E-state index contributed by atoms with van der Waals surface area (Å²) in [5.74, 6) is -0.477. The van der Waals surface area contributed by atoms with Gasteiger partial charge in [0.2, 0.25) is 0 Å². The van der Waals surface area contributed by atoms with Crippen LogP contribution in [0.25, 0.3) is 0 Å². The van der Waals surface area contributed by atoms with E-state index in [0.717, 1.165) is 17.8 Å². The van der Waals surface area contributed by atoms with Gasteiger partial charge in [-0.2, -0.15) is 0 Å². The third kappa shape index (κ3) is 3.58. The second kappa shape index (κ2) is 6.22. The number of amides is 1. The predicted octanol–water partition coefficient (Wildman–Crippen LogP) is 2.85. The SMILES string of the molecule is O=C(COc1ccccc1F)N(Cc1nccs1)C1CC1. The van der Waals surface area contributed by atoms with Crippen molar-refractivity contribution in [2.24, 2.45) is 0 Å². The Kier molecular flexibility index (Phi) is 4.15. The summed E-state index contributed by atoms with van der Waals surface area (Å²) in [6.07, 6.45) is 3.75. The molecule has 2 aromatic rings. The summed E-state index contributed by atoms with van der Waals surface area (Å²) in [4.78, 5) is 18.3. The van der Waals surface area contributed by atoms with E-state index in [1.807, 2.05) is 5.38 Å². The van der Waals surface area contributed by atoms with Gasteiger partial charge in [-0.25, -0.2) is 9.37 Å². The van der Waals surface area contributed by atoms with Crippen LogP contribution >= 0.6 is 11.3 Å². The van der Waals surface area contributed by atoms with Crippen molar-refractivity contribution >= 4 is 17.2 Å². The summed E-state index contributed by atoms with van der Waals surface area (Å²) in [5.41, 5.74) is 0. The van der Waals surface area contributed by atoms with E-state index in [1.165, 1.54) is 23.5 Å². The lowest BCUT2D eigenvalue weighted by Gasteiger charge is -2.21. The smallest absolute Gasteiger partial charge is 0.261 e. The van der Waals surface area contributed by atoms with Crippen LogP contribution in [0.1, 0.15) is 17.8 Å². The van der Waals surface area contributed by atoms with Gasteiger partial charge >= 0.3 is 0 Å². The van der Waals surface area contributed by atoms with Crippen LogP contribution in [-0.2, 0) is 11.3 Å². The summed E-state index contributed by atoms with van der Waals surface area (Å²) in [7, 11) is 0. The maximum Gasteiger partial charge on any atom is 0.261 e. The van der Waals surface area contributed by atoms with E-state index in [2.05, 4.69) is 4.98 Å². The van der Waals surface area contributed by atoms with E-state index in [9.17, 15) is 9.18 Å². The minimum Gasteiger partial charge on any atom is -0.481 e. The first kappa shape index (κ1) is 14.0. The third-order valence-corrected chi connectivity index (χ3v) is 4.05. The van der Waals surface area contributed by atoms with Gasteiger partial charge in [0.15, 0.2) is 18.2 Å². The van der Waals surface area contributed by atoms with E-state index in [1.54, 1.807) is 23.2 Å². The fourth-order valence-electron chi connectivity index (χ4n) is 2.07. The van der Waals surface area contributed by atoms with Crippen LogP contribution in [0.2, 0.25) is 0 Å². The molecule has 1 aromatic carbocycles. The number of thiazole rings is 1. The second-order valence-electron chi connectivity index (χ2n) is 4.90. The number of ether oxygens (including phenoxy) is 1. The van der Waals surface area contributed by atoms with Crippen LogP contribution in [0, 0.1) is 5.82 Å². The molecule has 1 fully saturated rings. The molecule has 1 aliphatic rings. The van der Waals surface area contributed by atoms with Gasteiger partial charge in [0.25, 0.3) is 5.91 Å². The topological polar surface area (TPSA) is 42.4 Å². The molecular weight excluding hydrogens is 291 g/mol. The van der Waals surface area contributed by atoms with Gasteiger partial charge in [-0.3, -0.25) is 4.79 Å². The van der Waals surface area contributed by atoms with Crippen molar-refractivity contribution in [1.29, 1.82) is 0 Å². The van der Waals surface area contributed by atoms with Crippen LogP contribution in [0.4, 0.5) is 4.39 Å². The molecule has 0 aliphatic heterocycles. The van der Waals surface area contributed by atoms with Gasteiger partial charge in [-0.15, -0.1) is 11.3 Å². The third-order valence-electron chi connectivity index (χ3n) is 3.28. The summed E-state index contributed by atoms with van der Waals surface area (Å²) in [5, 5.41) is 2.79. The number of benzene rings is 1. The minimum atomic E-state index is -0.455. The van der Waals surface area contributed by atoms with E-state index in [-0.39, 0.29) is 24.3 Å². The number of aromatic nitrogens is 1. The Balaban J connectivity index is 1.61. The number of hydrogen-bond donors (Lipinski definition) is 0. The average Bonchev–Trinajstić information content (AvgIpc) is 3.20. The first-order valence-electron chi connectivity index (χ1n) is 6.79. The van der Waals surface area contributed by atoms with E-state index < -0.39 is 5.82 Å². The lowest BCUT2D eigenvalue weighted by molar-refractivity contribution is -0.134. The van der Waals surface area contributed by atoms with Crippen molar-refractivity contribution in [2.45, 2.75) is 25.4 Å². The number of nitrogens with zero attached hydrogens (tertiary/aromatic N) is 2. The Hall–Kier alpha value is -1.95. The van der Waals surface area contributed by atoms with Gasteiger partial charge in [-0.1, -0.05) is 12.1 Å². The molecule has 0 spiro atoms. The van der Waals surface area contributed by atoms with Crippen molar-refractivity contribution in [3.05, 3.63) is 46.7 Å². The predicted molar refractivity (Wildman–Crippen MR) is 77.6 cm³/mol. The molecule has 1 aromatic heterocycles. The Labute approximate surface area is 126 Å². The van der Waals surface area contributed by atoms with Crippen LogP contribution in [-0.4, -0.2) is 28.4 Å². The van der Waals surface area contributed by atoms with Crippen LogP contribution in [0.5, 0.6) is 5.75 Å². The largest absolute Gasteiger partial charge is 0.481 e. The van der Waals surface area contributed by atoms with Crippen molar-refractivity contribution in [3.63, 3.8) is 0 Å². The van der Waals surface area contributed by atoms with Crippen LogP contribution in [0.3, 0.4) is 0 Å². The lowest BCUT2D eigenvalue weighted by atomic mass is 10.3. The molecule has 0 atom stereocenters. The molecule has 4 nitrogen and oxygen atoms in total.